The van der Waals surface area contributed by atoms with Gasteiger partial charge in [0.2, 0.25) is 0 Å². The van der Waals surface area contributed by atoms with Crippen LogP contribution in [0.2, 0.25) is 0 Å². The van der Waals surface area contributed by atoms with Crippen LogP contribution < -0.4 is 10.1 Å². The van der Waals surface area contributed by atoms with E-state index >= 15 is 0 Å². The molecule has 0 aromatic heterocycles. The number of nitrogens with one attached hydrogen (secondary N) is 1. The molecule has 20 heavy (non-hydrogen) atoms. The van der Waals surface area contributed by atoms with Gasteiger partial charge < -0.3 is 19.7 Å². The van der Waals surface area contributed by atoms with Gasteiger partial charge in [0, 0.05) is 30.6 Å². The molecule has 2 rings (SSSR count). The predicted molar refractivity (Wildman–Crippen MR) is 81.1 cm³/mol. The van der Waals surface area contributed by atoms with Crippen molar-refractivity contribution >= 4 is 0 Å². The van der Waals surface area contributed by atoms with E-state index < -0.39 is 0 Å². The normalized spacial score (nSPS) is 22.4. The van der Waals surface area contributed by atoms with Crippen LogP contribution in [0.25, 0.3) is 0 Å². The van der Waals surface area contributed by atoms with Crippen LogP contribution in [-0.4, -0.2) is 51.4 Å². The number of ether oxygens (including phenoxy) is 2. The SMILES string of the molecule is CCNC1COCC1CN(C)Cc1ccccc1OC. The summed E-state index contributed by atoms with van der Waals surface area (Å²) in [7, 11) is 3.89. The number of hydrogen-bond acceptors (Lipinski definition) is 4. The van der Waals surface area contributed by atoms with Crippen molar-refractivity contribution < 1.29 is 9.47 Å². The second-order valence-corrected chi connectivity index (χ2v) is 5.47. The van der Waals surface area contributed by atoms with Crippen LogP contribution in [0.15, 0.2) is 24.3 Å². The maximum atomic E-state index is 5.60. The molecule has 4 nitrogen and oxygen atoms in total. The van der Waals surface area contributed by atoms with E-state index in [9.17, 15) is 0 Å². The second-order valence-electron chi connectivity index (χ2n) is 5.47. The van der Waals surface area contributed by atoms with Crippen molar-refractivity contribution in [1.82, 2.24) is 10.2 Å². The minimum atomic E-state index is 0.486. The average Bonchev–Trinajstić information content (AvgIpc) is 2.87. The van der Waals surface area contributed by atoms with Gasteiger partial charge in [0.05, 0.1) is 20.3 Å². The van der Waals surface area contributed by atoms with Crippen LogP contribution in [-0.2, 0) is 11.3 Å². The molecule has 4 heteroatoms. The van der Waals surface area contributed by atoms with Gasteiger partial charge in [0.25, 0.3) is 0 Å². The van der Waals surface area contributed by atoms with Gasteiger partial charge in [-0.05, 0) is 19.7 Å². The summed E-state index contributed by atoms with van der Waals surface area (Å²) in [6.45, 7) is 6.78. The summed E-state index contributed by atoms with van der Waals surface area (Å²) in [5, 5.41) is 3.51. The van der Waals surface area contributed by atoms with Gasteiger partial charge in [-0.25, -0.2) is 0 Å². The fourth-order valence-electron chi connectivity index (χ4n) is 2.86. The topological polar surface area (TPSA) is 33.7 Å². The Morgan fingerprint density at radius 3 is 2.90 bits per heavy atom. The maximum Gasteiger partial charge on any atom is 0.123 e. The zero-order valence-electron chi connectivity index (χ0n) is 12.8. The van der Waals surface area contributed by atoms with E-state index in [0.717, 1.165) is 38.6 Å². The van der Waals surface area contributed by atoms with Gasteiger partial charge in [-0.15, -0.1) is 0 Å². The predicted octanol–water partition coefficient (Wildman–Crippen LogP) is 1.75. The molecule has 1 fully saturated rings. The number of rotatable bonds is 7. The summed E-state index contributed by atoms with van der Waals surface area (Å²) in [6, 6.07) is 8.70. The number of hydrogen-bond donors (Lipinski definition) is 1. The van der Waals surface area contributed by atoms with Crippen molar-refractivity contribution in [3.63, 3.8) is 0 Å². The van der Waals surface area contributed by atoms with E-state index in [4.69, 9.17) is 9.47 Å². The lowest BCUT2D eigenvalue weighted by atomic mass is 10.0. The molecule has 1 saturated heterocycles. The van der Waals surface area contributed by atoms with Crippen molar-refractivity contribution in [2.45, 2.75) is 19.5 Å². The first-order valence-electron chi connectivity index (χ1n) is 7.36. The summed E-state index contributed by atoms with van der Waals surface area (Å²) >= 11 is 0. The highest BCUT2D eigenvalue weighted by molar-refractivity contribution is 5.33. The van der Waals surface area contributed by atoms with Crippen molar-refractivity contribution in [1.29, 1.82) is 0 Å². The van der Waals surface area contributed by atoms with E-state index in [1.54, 1.807) is 7.11 Å². The number of likely N-dealkylation sites (N-methyl/N-ethyl adjacent to an activating group) is 1. The Morgan fingerprint density at radius 2 is 2.15 bits per heavy atom. The summed E-state index contributed by atoms with van der Waals surface area (Å²) in [4.78, 5) is 2.35. The molecular formula is C16H26N2O2. The lowest BCUT2D eigenvalue weighted by Crippen LogP contribution is -2.40. The minimum Gasteiger partial charge on any atom is -0.496 e. The Morgan fingerprint density at radius 1 is 1.35 bits per heavy atom. The third-order valence-electron chi connectivity index (χ3n) is 3.84. The molecule has 112 valence electrons. The monoisotopic (exact) mass is 278 g/mol. The second kappa shape index (κ2) is 7.62. The molecule has 1 aliphatic rings. The fourth-order valence-corrected chi connectivity index (χ4v) is 2.86. The van der Waals surface area contributed by atoms with Crippen LogP contribution in [0.1, 0.15) is 12.5 Å². The third kappa shape index (κ3) is 3.95. The molecule has 0 amide bonds. The molecule has 0 bridgehead atoms. The lowest BCUT2D eigenvalue weighted by Gasteiger charge is -2.25. The Hall–Kier alpha value is -1.10. The van der Waals surface area contributed by atoms with Crippen LogP contribution in [0, 0.1) is 5.92 Å². The molecule has 1 N–H and O–H groups in total. The quantitative estimate of drug-likeness (QED) is 0.824. The zero-order chi connectivity index (χ0) is 14.4. The molecular weight excluding hydrogens is 252 g/mol. The van der Waals surface area contributed by atoms with Gasteiger partial charge in [-0.1, -0.05) is 25.1 Å². The largest absolute Gasteiger partial charge is 0.496 e. The highest BCUT2D eigenvalue weighted by Crippen LogP contribution is 2.20. The highest BCUT2D eigenvalue weighted by atomic mass is 16.5. The molecule has 0 aliphatic carbocycles. The van der Waals surface area contributed by atoms with Crippen molar-refractivity contribution in [2.75, 3.05) is 40.5 Å². The van der Waals surface area contributed by atoms with Gasteiger partial charge >= 0.3 is 0 Å². The van der Waals surface area contributed by atoms with E-state index in [0.29, 0.717) is 12.0 Å². The smallest absolute Gasteiger partial charge is 0.123 e. The summed E-state index contributed by atoms with van der Waals surface area (Å²) in [6.07, 6.45) is 0. The molecule has 0 radical (unpaired) electrons. The van der Waals surface area contributed by atoms with Crippen molar-refractivity contribution in [2.24, 2.45) is 5.92 Å². The lowest BCUT2D eigenvalue weighted by molar-refractivity contribution is 0.172. The molecule has 1 aliphatic heterocycles. The molecule has 2 unspecified atom stereocenters. The van der Waals surface area contributed by atoms with Gasteiger partial charge in [-0.2, -0.15) is 0 Å². The molecule has 1 heterocycles. The standard InChI is InChI=1S/C16H26N2O2/c1-4-17-15-12-20-11-14(15)10-18(2)9-13-7-5-6-8-16(13)19-3/h5-8,14-15,17H,4,9-12H2,1-3H3. The van der Waals surface area contributed by atoms with Crippen LogP contribution in [0.4, 0.5) is 0 Å². The highest BCUT2D eigenvalue weighted by Gasteiger charge is 2.28. The van der Waals surface area contributed by atoms with Crippen molar-refractivity contribution in [3.05, 3.63) is 29.8 Å². The molecule has 0 saturated carbocycles. The maximum absolute atomic E-state index is 5.60. The van der Waals surface area contributed by atoms with E-state index in [1.807, 2.05) is 12.1 Å². The van der Waals surface area contributed by atoms with Crippen molar-refractivity contribution in [3.8, 4) is 5.75 Å². The van der Waals surface area contributed by atoms with E-state index in [-0.39, 0.29) is 0 Å². The van der Waals surface area contributed by atoms with Gasteiger partial charge in [0.1, 0.15) is 5.75 Å². The summed E-state index contributed by atoms with van der Waals surface area (Å²) in [5.41, 5.74) is 1.23. The zero-order valence-corrected chi connectivity index (χ0v) is 12.8. The van der Waals surface area contributed by atoms with E-state index in [1.165, 1.54) is 5.56 Å². The van der Waals surface area contributed by atoms with E-state index in [2.05, 4.69) is 36.3 Å². The van der Waals surface area contributed by atoms with Crippen LogP contribution in [0.5, 0.6) is 5.75 Å². The third-order valence-corrected chi connectivity index (χ3v) is 3.84. The Bertz CT molecular complexity index is 411. The average molecular weight is 278 g/mol. The number of methoxy groups -OCH3 is 1. The van der Waals surface area contributed by atoms with Gasteiger partial charge in [-0.3, -0.25) is 0 Å². The molecule has 0 spiro atoms. The van der Waals surface area contributed by atoms with Crippen LogP contribution >= 0.6 is 0 Å². The molecule has 2 atom stereocenters. The minimum absolute atomic E-state index is 0.486. The Kier molecular flexibility index (Phi) is 5.83. The first-order chi connectivity index (χ1) is 9.74. The molecule has 1 aromatic carbocycles. The Balaban J connectivity index is 1.90. The summed E-state index contributed by atoms with van der Waals surface area (Å²) < 4.78 is 11.0. The van der Waals surface area contributed by atoms with Gasteiger partial charge in [0.15, 0.2) is 0 Å². The number of para-hydroxylation sites is 1. The first-order valence-corrected chi connectivity index (χ1v) is 7.36. The summed E-state index contributed by atoms with van der Waals surface area (Å²) in [5.74, 6) is 1.53. The number of nitrogens with zero attached hydrogens (tertiary/aromatic N) is 1. The Labute approximate surface area is 122 Å². The number of benzene rings is 1. The van der Waals surface area contributed by atoms with Crippen LogP contribution in [0.3, 0.4) is 0 Å². The fraction of sp³-hybridized carbons (Fsp3) is 0.625. The first kappa shape index (κ1) is 15.3. The molecule has 1 aromatic rings.